The Kier molecular flexibility index (Phi) is 8.12. The predicted octanol–water partition coefficient (Wildman–Crippen LogP) is 2.93. The number of amidine groups is 1. The molecule has 2 aliphatic heterocycles. The number of amides is 1. The quantitative estimate of drug-likeness (QED) is 0.492. The first kappa shape index (κ1) is 27.1. The number of rotatable bonds is 9. The Morgan fingerprint density at radius 3 is 2.47 bits per heavy atom. The zero-order valence-electron chi connectivity index (χ0n) is 22.5. The Morgan fingerprint density at radius 2 is 1.83 bits per heavy atom. The van der Waals surface area contributed by atoms with E-state index in [1.54, 1.807) is 4.31 Å². The highest BCUT2D eigenvalue weighted by molar-refractivity contribution is 7.89. The van der Waals surface area contributed by atoms with E-state index in [2.05, 4.69) is 37.8 Å². The molecule has 0 atom stereocenters. The van der Waals surface area contributed by atoms with Gasteiger partial charge in [-0.05, 0) is 62.3 Å². The molecule has 2 heterocycles. The van der Waals surface area contributed by atoms with Crippen LogP contribution >= 0.6 is 0 Å². The number of benzene rings is 1. The maximum atomic E-state index is 13.1. The van der Waals surface area contributed by atoms with Crippen molar-refractivity contribution in [3.05, 3.63) is 29.3 Å². The van der Waals surface area contributed by atoms with E-state index in [1.807, 2.05) is 19.1 Å². The van der Waals surface area contributed by atoms with Gasteiger partial charge in [-0.15, -0.1) is 0 Å². The Bertz CT molecular complexity index is 1080. The number of likely N-dealkylation sites (N-methyl/N-ethyl adjacent to an activating group) is 1. The van der Waals surface area contributed by atoms with Gasteiger partial charge in [0.1, 0.15) is 11.4 Å². The highest BCUT2D eigenvalue weighted by Gasteiger charge is 2.48. The van der Waals surface area contributed by atoms with Gasteiger partial charge < -0.3 is 15.1 Å². The zero-order valence-corrected chi connectivity index (χ0v) is 23.3. The van der Waals surface area contributed by atoms with Crippen LogP contribution in [-0.2, 0) is 21.2 Å². The van der Waals surface area contributed by atoms with E-state index in [-0.39, 0.29) is 11.7 Å². The molecule has 3 aliphatic rings. The second-order valence-electron chi connectivity index (χ2n) is 11.9. The van der Waals surface area contributed by atoms with Gasteiger partial charge in [-0.1, -0.05) is 25.3 Å². The Labute approximate surface area is 217 Å². The van der Waals surface area contributed by atoms with Crippen molar-refractivity contribution in [2.75, 3.05) is 58.4 Å². The van der Waals surface area contributed by atoms with Gasteiger partial charge >= 0.3 is 0 Å². The van der Waals surface area contributed by atoms with Gasteiger partial charge in [-0.2, -0.15) is 0 Å². The number of aliphatic imine (C=N–C) groups is 1. The molecule has 1 aliphatic carbocycles. The van der Waals surface area contributed by atoms with Gasteiger partial charge in [-0.25, -0.2) is 12.7 Å². The number of nitrogens with zero attached hydrogens (tertiary/aromatic N) is 3. The molecule has 0 radical (unpaired) electrons. The average molecular weight is 519 g/mol. The average Bonchev–Trinajstić information content (AvgIpc) is 3.14. The van der Waals surface area contributed by atoms with Crippen molar-refractivity contribution in [2.45, 2.75) is 63.8 Å². The van der Waals surface area contributed by atoms with Crippen molar-refractivity contribution in [3.8, 4) is 0 Å². The molecular weight excluding hydrogens is 474 g/mol. The number of hydrogen-bond donors (Lipinski definition) is 2. The molecule has 1 saturated heterocycles. The minimum absolute atomic E-state index is 0.0362. The molecule has 0 bridgehead atoms. The van der Waals surface area contributed by atoms with E-state index >= 15 is 0 Å². The third kappa shape index (κ3) is 6.47. The molecule has 0 unspecified atom stereocenters. The second kappa shape index (κ2) is 10.8. The summed E-state index contributed by atoms with van der Waals surface area (Å²) in [4.78, 5) is 17.7. The van der Waals surface area contributed by atoms with Gasteiger partial charge in [0.2, 0.25) is 10.0 Å². The molecule has 4 rings (SSSR count). The number of sulfonamides is 1. The summed E-state index contributed by atoms with van der Waals surface area (Å²) in [6, 6.07) is 6.17. The number of piperidine rings is 1. The first-order valence-electron chi connectivity index (χ1n) is 13.5. The van der Waals surface area contributed by atoms with Crippen LogP contribution in [0.4, 0.5) is 5.69 Å². The lowest BCUT2D eigenvalue weighted by atomic mass is 9.88. The van der Waals surface area contributed by atoms with Crippen molar-refractivity contribution in [3.63, 3.8) is 0 Å². The van der Waals surface area contributed by atoms with Crippen molar-refractivity contribution < 1.29 is 17.7 Å². The standard InChI is InChI=1S/C27H43N5O3S/c1-21-20-24(28-15-18-32(2,3)4)11-10-22(21)12-19-36(34,35)31-16-13-27(14-17-31)26(33)29-25(30-27)23-8-6-5-7-9-23/h10-11,20,23,28H,5-9,12-19H2,1-4H3/p+1. The van der Waals surface area contributed by atoms with Crippen LogP contribution in [0.3, 0.4) is 0 Å². The Balaban J connectivity index is 1.30. The molecule has 9 heteroatoms. The van der Waals surface area contributed by atoms with E-state index in [0.29, 0.717) is 38.3 Å². The molecule has 36 heavy (non-hydrogen) atoms. The van der Waals surface area contributed by atoms with Crippen LogP contribution in [0.15, 0.2) is 23.2 Å². The van der Waals surface area contributed by atoms with Gasteiger partial charge in [-0.3, -0.25) is 9.79 Å². The van der Waals surface area contributed by atoms with E-state index in [9.17, 15) is 13.2 Å². The number of quaternary nitrogens is 1. The van der Waals surface area contributed by atoms with Crippen LogP contribution < -0.4 is 10.6 Å². The van der Waals surface area contributed by atoms with Crippen molar-refractivity contribution >= 4 is 27.5 Å². The predicted molar refractivity (Wildman–Crippen MR) is 146 cm³/mol. The number of anilines is 1. The molecule has 0 aromatic heterocycles. The van der Waals surface area contributed by atoms with E-state index < -0.39 is 15.6 Å². The van der Waals surface area contributed by atoms with Crippen LogP contribution in [0.2, 0.25) is 0 Å². The van der Waals surface area contributed by atoms with Gasteiger partial charge in [0, 0.05) is 24.7 Å². The second-order valence-corrected chi connectivity index (χ2v) is 14.0. The first-order valence-corrected chi connectivity index (χ1v) is 15.1. The van der Waals surface area contributed by atoms with Crippen LogP contribution in [0.25, 0.3) is 0 Å². The maximum Gasteiger partial charge on any atom is 0.253 e. The summed E-state index contributed by atoms with van der Waals surface area (Å²) in [6.07, 6.45) is 7.21. The van der Waals surface area contributed by atoms with E-state index in [0.717, 1.165) is 53.1 Å². The van der Waals surface area contributed by atoms with E-state index in [1.165, 1.54) is 19.3 Å². The Morgan fingerprint density at radius 1 is 1.14 bits per heavy atom. The minimum Gasteiger partial charge on any atom is -0.379 e. The fourth-order valence-electron chi connectivity index (χ4n) is 5.57. The zero-order chi connectivity index (χ0) is 26.0. The van der Waals surface area contributed by atoms with Gasteiger partial charge in [0.15, 0.2) is 0 Å². The molecule has 1 spiro atoms. The summed E-state index contributed by atoms with van der Waals surface area (Å²) in [5, 5.41) is 6.51. The lowest BCUT2D eigenvalue weighted by Gasteiger charge is -2.34. The van der Waals surface area contributed by atoms with Crippen LogP contribution in [0, 0.1) is 12.8 Å². The van der Waals surface area contributed by atoms with Gasteiger partial charge in [0.05, 0.1) is 40.0 Å². The number of aryl methyl sites for hydroxylation is 2. The van der Waals surface area contributed by atoms with Crippen molar-refractivity contribution in [1.29, 1.82) is 0 Å². The highest BCUT2D eigenvalue weighted by Crippen LogP contribution is 2.35. The summed E-state index contributed by atoms with van der Waals surface area (Å²) in [6.45, 7) is 4.65. The molecule has 1 saturated carbocycles. The van der Waals surface area contributed by atoms with Crippen LogP contribution in [0.1, 0.15) is 56.1 Å². The Hall–Kier alpha value is -1.97. The fraction of sp³-hybridized carbons (Fsp3) is 0.704. The van der Waals surface area contributed by atoms with Crippen molar-refractivity contribution in [1.82, 2.24) is 9.62 Å². The molecular formula is C27H44N5O3S+. The third-order valence-electron chi connectivity index (χ3n) is 8.02. The summed E-state index contributed by atoms with van der Waals surface area (Å²) < 4.78 is 28.8. The molecule has 1 aromatic carbocycles. The largest absolute Gasteiger partial charge is 0.379 e. The third-order valence-corrected chi connectivity index (χ3v) is 9.89. The normalized spacial score (nSPS) is 21.4. The topological polar surface area (TPSA) is 90.9 Å². The summed E-state index contributed by atoms with van der Waals surface area (Å²) in [7, 11) is 3.11. The van der Waals surface area contributed by atoms with Crippen molar-refractivity contribution in [2.24, 2.45) is 10.9 Å². The fourth-order valence-corrected chi connectivity index (χ4v) is 7.05. The minimum atomic E-state index is -3.40. The summed E-state index contributed by atoms with van der Waals surface area (Å²) >= 11 is 0. The monoisotopic (exact) mass is 518 g/mol. The molecule has 200 valence electrons. The SMILES string of the molecule is Cc1cc(NCC[N+](C)(C)C)ccc1CCS(=O)(=O)N1CCC2(CC1)N=C(C1CCCCC1)NC2=O. The maximum absolute atomic E-state index is 13.1. The number of nitrogens with one attached hydrogen (secondary N) is 2. The summed E-state index contributed by atoms with van der Waals surface area (Å²) in [5.41, 5.74) is 2.45. The lowest BCUT2D eigenvalue weighted by Crippen LogP contribution is -2.51. The van der Waals surface area contributed by atoms with Crippen LogP contribution in [0.5, 0.6) is 0 Å². The summed E-state index contributed by atoms with van der Waals surface area (Å²) in [5.74, 6) is 1.25. The molecule has 2 fully saturated rings. The smallest absolute Gasteiger partial charge is 0.253 e. The number of carbonyl (C=O) groups is 1. The molecule has 1 aromatic rings. The number of carbonyl (C=O) groups excluding carboxylic acids is 1. The van der Waals surface area contributed by atoms with E-state index in [4.69, 9.17) is 4.99 Å². The molecule has 2 N–H and O–H groups in total. The van der Waals surface area contributed by atoms with Crippen LogP contribution in [-0.4, -0.2) is 87.6 Å². The first-order chi connectivity index (χ1) is 17.0. The molecule has 1 amide bonds. The molecule has 8 nitrogen and oxygen atoms in total. The lowest BCUT2D eigenvalue weighted by molar-refractivity contribution is -0.868. The van der Waals surface area contributed by atoms with Gasteiger partial charge in [0.25, 0.3) is 5.91 Å². The number of hydrogen-bond acceptors (Lipinski definition) is 5. The highest BCUT2D eigenvalue weighted by atomic mass is 32.2.